The zero-order valence-electron chi connectivity index (χ0n) is 18.0. The highest BCUT2D eigenvalue weighted by Crippen LogP contribution is 2.43. The summed E-state index contributed by atoms with van der Waals surface area (Å²) in [6, 6.07) is 14.8. The molecular weight excluding hydrogens is 425 g/mol. The highest BCUT2D eigenvalue weighted by molar-refractivity contribution is 6.10. The summed E-state index contributed by atoms with van der Waals surface area (Å²) in [5, 5.41) is 10.2. The molecule has 3 aromatic carbocycles. The van der Waals surface area contributed by atoms with E-state index in [1.165, 1.54) is 23.1 Å². The minimum atomic E-state index is -0.849. The maximum atomic E-state index is 13.9. The molecule has 1 aliphatic heterocycles. The minimum Gasteiger partial charge on any atom is -0.504 e. The third kappa shape index (κ3) is 3.33. The highest BCUT2D eigenvalue weighted by atomic mass is 19.1. The quantitative estimate of drug-likeness (QED) is 0.473. The largest absolute Gasteiger partial charge is 0.504 e. The van der Waals surface area contributed by atoms with Crippen LogP contribution in [0.5, 0.6) is 11.5 Å². The molecular formula is C26H20FNO5. The van der Waals surface area contributed by atoms with Crippen LogP contribution in [-0.2, 0) is 0 Å². The Hall–Kier alpha value is -4.13. The molecule has 0 saturated carbocycles. The number of carbonyl (C=O) groups excluding carboxylic acids is 1. The van der Waals surface area contributed by atoms with Gasteiger partial charge in [-0.1, -0.05) is 18.2 Å². The van der Waals surface area contributed by atoms with Gasteiger partial charge in [0.1, 0.15) is 11.4 Å². The fraction of sp³-hybridized carbons (Fsp3) is 0.154. The third-order valence-corrected chi connectivity index (χ3v) is 5.71. The van der Waals surface area contributed by atoms with Gasteiger partial charge in [-0.3, -0.25) is 14.5 Å². The van der Waals surface area contributed by atoms with Gasteiger partial charge in [-0.05, 0) is 67.4 Å². The first-order valence-electron chi connectivity index (χ1n) is 10.5. The molecule has 0 radical (unpaired) electrons. The van der Waals surface area contributed by atoms with E-state index in [9.17, 15) is 19.1 Å². The molecule has 1 amide bonds. The number of ether oxygens (including phenoxy) is 1. The van der Waals surface area contributed by atoms with Crippen molar-refractivity contribution in [2.75, 3.05) is 11.5 Å². The third-order valence-electron chi connectivity index (χ3n) is 5.71. The Morgan fingerprint density at radius 1 is 1.09 bits per heavy atom. The molecule has 6 nitrogen and oxygen atoms in total. The number of hydrogen-bond acceptors (Lipinski definition) is 5. The first kappa shape index (κ1) is 20.8. The number of fused-ring (bicyclic) bond motifs is 2. The van der Waals surface area contributed by atoms with Crippen LogP contribution < -0.4 is 15.1 Å². The summed E-state index contributed by atoms with van der Waals surface area (Å²) in [6.45, 7) is 4.01. The van der Waals surface area contributed by atoms with E-state index in [1.54, 1.807) is 25.1 Å². The predicted molar refractivity (Wildman–Crippen MR) is 122 cm³/mol. The van der Waals surface area contributed by atoms with Crippen LogP contribution in [-0.4, -0.2) is 17.6 Å². The average molecular weight is 445 g/mol. The van der Waals surface area contributed by atoms with Crippen molar-refractivity contribution in [3.63, 3.8) is 0 Å². The topological polar surface area (TPSA) is 80.0 Å². The second-order valence-electron chi connectivity index (χ2n) is 7.89. The smallest absolute Gasteiger partial charge is 0.295 e. The van der Waals surface area contributed by atoms with Crippen molar-refractivity contribution in [2.45, 2.75) is 19.9 Å². The highest BCUT2D eigenvalue weighted by Gasteiger charge is 2.44. The Morgan fingerprint density at radius 3 is 2.67 bits per heavy atom. The van der Waals surface area contributed by atoms with Crippen LogP contribution >= 0.6 is 0 Å². The van der Waals surface area contributed by atoms with Gasteiger partial charge in [0.25, 0.3) is 5.91 Å². The molecule has 0 saturated heterocycles. The summed E-state index contributed by atoms with van der Waals surface area (Å²) in [4.78, 5) is 28.6. The number of hydrogen-bond donors (Lipinski definition) is 1. The van der Waals surface area contributed by atoms with Gasteiger partial charge >= 0.3 is 0 Å². The van der Waals surface area contributed by atoms with Crippen molar-refractivity contribution in [3.05, 3.63) is 99.2 Å². The molecule has 0 fully saturated rings. The standard InChI is InChI=1S/C26H20FNO5/c1-3-32-21-12-15(7-9-19(21)29)23-22-24(30)18-13-16(27)8-10-20(18)33-25(22)26(31)28(23)17-6-4-5-14(2)11-17/h4-13,23,29H,3H2,1-2H3. The lowest BCUT2D eigenvalue weighted by atomic mass is 9.97. The molecule has 33 heavy (non-hydrogen) atoms. The Bertz CT molecular complexity index is 1480. The van der Waals surface area contributed by atoms with Crippen LogP contribution in [0.3, 0.4) is 0 Å². The molecule has 1 aromatic heterocycles. The summed E-state index contributed by atoms with van der Waals surface area (Å²) in [5.74, 6) is -0.961. The molecule has 166 valence electrons. The summed E-state index contributed by atoms with van der Waals surface area (Å²) >= 11 is 0. The number of amides is 1. The van der Waals surface area contributed by atoms with E-state index < -0.39 is 23.2 Å². The summed E-state index contributed by atoms with van der Waals surface area (Å²) in [7, 11) is 0. The predicted octanol–water partition coefficient (Wildman–Crippen LogP) is 5.09. The fourth-order valence-corrected chi connectivity index (χ4v) is 4.28. The van der Waals surface area contributed by atoms with Crippen LogP contribution in [0.4, 0.5) is 10.1 Å². The van der Waals surface area contributed by atoms with E-state index in [4.69, 9.17) is 9.15 Å². The number of rotatable bonds is 4. The average Bonchev–Trinajstić information content (AvgIpc) is 3.08. The van der Waals surface area contributed by atoms with Crippen LogP contribution in [0.2, 0.25) is 0 Å². The van der Waals surface area contributed by atoms with Gasteiger partial charge in [-0.25, -0.2) is 4.39 Å². The summed E-state index contributed by atoms with van der Waals surface area (Å²) < 4.78 is 25.3. The second kappa shape index (κ2) is 7.78. The van der Waals surface area contributed by atoms with E-state index in [1.807, 2.05) is 25.1 Å². The number of aryl methyl sites for hydroxylation is 1. The monoisotopic (exact) mass is 445 g/mol. The Balaban J connectivity index is 1.81. The number of carbonyl (C=O) groups is 1. The van der Waals surface area contributed by atoms with Crippen molar-refractivity contribution in [3.8, 4) is 11.5 Å². The van der Waals surface area contributed by atoms with Gasteiger partial charge in [0.2, 0.25) is 5.76 Å². The molecule has 5 rings (SSSR count). The maximum Gasteiger partial charge on any atom is 0.295 e. The molecule has 0 aliphatic carbocycles. The number of nitrogens with zero attached hydrogens (tertiary/aromatic N) is 1. The van der Waals surface area contributed by atoms with Crippen molar-refractivity contribution in [2.24, 2.45) is 0 Å². The van der Waals surface area contributed by atoms with Crippen LogP contribution in [0.25, 0.3) is 11.0 Å². The Labute approximate surface area is 188 Å². The van der Waals surface area contributed by atoms with Gasteiger partial charge in [-0.15, -0.1) is 0 Å². The van der Waals surface area contributed by atoms with Gasteiger partial charge in [-0.2, -0.15) is 0 Å². The Morgan fingerprint density at radius 2 is 1.91 bits per heavy atom. The van der Waals surface area contributed by atoms with E-state index >= 15 is 0 Å². The Kier molecular flexibility index (Phi) is 4.89. The number of benzene rings is 3. The summed E-state index contributed by atoms with van der Waals surface area (Å²) in [5.41, 5.74) is 1.84. The van der Waals surface area contributed by atoms with Crippen LogP contribution in [0.1, 0.15) is 40.2 Å². The number of aromatic hydroxyl groups is 1. The van der Waals surface area contributed by atoms with Gasteiger partial charge < -0.3 is 14.3 Å². The maximum absolute atomic E-state index is 13.9. The number of halogens is 1. The molecule has 1 N–H and O–H groups in total. The van der Waals surface area contributed by atoms with Gasteiger partial charge in [0.15, 0.2) is 16.9 Å². The molecule has 0 spiro atoms. The van der Waals surface area contributed by atoms with E-state index in [-0.39, 0.29) is 33.8 Å². The normalized spacial score (nSPS) is 15.2. The van der Waals surface area contributed by atoms with E-state index in [2.05, 4.69) is 0 Å². The number of phenolic OH excluding ortho intramolecular Hbond substituents is 1. The molecule has 1 aliphatic rings. The van der Waals surface area contributed by atoms with Crippen molar-refractivity contribution in [1.82, 2.24) is 0 Å². The molecule has 1 unspecified atom stereocenters. The lowest BCUT2D eigenvalue weighted by Crippen LogP contribution is -2.29. The molecule has 1 atom stereocenters. The van der Waals surface area contributed by atoms with Gasteiger partial charge in [0.05, 0.1) is 23.6 Å². The first-order chi connectivity index (χ1) is 15.9. The zero-order chi connectivity index (χ0) is 23.3. The lowest BCUT2D eigenvalue weighted by molar-refractivity contribution is 0.0971. The van der Waals surface area contributed by atoms with E-state index in [0.29, 0.717) is 17.9 Å². The minimum absolute atomic E-state index is 0.0557. The van der Waals surface area contributed by atoms with E-state index in [0.717, 1.165) is 11.6 Å². The molecule has 4 aromatic rings. The van der Waals surface area contributed by atoms with Crippen molar-refractivity contribution >= 4 is 22.6 Å². The molecule has 7 heteroatoms. The SMILES string of the molecule is CCOc1cc(C2c3c(oc4ccc(F)cc4c3=O)C(=O)N2c2cccc(C)c2)ccc1O. The molecule has 0 bridgehead atoms. The van der Waals surface area contributed by atoms with Gasteiger partial charge in [0, 0.05) is 5.69 Å². The van der Waals surface area contributed by atoms with Crippen molar-refractivity contribution in [1.29, 1.82) is 0 Å². The van der Waals surface area contributed by atoms with Crippen molar-refractivity contribution < 1.29 is 23.4 Å². The lowest BCUT2D eigenvalue weighted by Gasteiger charge is -2.26. The second-order valence-corrected chi connectivity index (χ2v) is 7.89. The number of phenols is 1. The molecule has 2 heterocycles. The fourth-order valence-electron chi connectivity index (χ4n) is 4.28. The van der Waals surface area contributed by atoms with Crippen LogP contribution in [0, 0.1) is 12.7 Å². The van der Waals surface area contributed by atoms with Crippen LogP contribution in [0.15, 0.2) is 69.9 Å². The zero-order valence-corrected chi connectivity index (χ0v) is 18.0. The number of anilines is 1. The summed E-state index contributed by atoms with van der Waals surface area (Å²) in [6.07, 6.45) is 0. The first-order valence-corrected chi connectivity index (χ1v) is 10.5.